The molecule has 1 aliphatic rings. The lowest BCUT2D eigenvalue weighted by Crippen LogP contribution is -2.46. The van der Waals surface area contributed by atoms with Crippen LogP contribution < -0.4 is 14.8 Å². The smallest absolute Gasteiger partial charge is 0.257 e. The number of methoxy groups -OCH3 is 1. The van der Waals surface area contributed by atoms with Crippen molar-refractivity contribution in [3.8, 4) is 11.5 Å². The number of aryl methyl sites for hydroxylation is 1. The van der Waals surface area contributed by atoms with E-state index in [0.717, 1.165) is 17.7 Å². The van der Waals surface area contributed by atoms with Crippen LogP contribution in [-0.4, -0.2) is 55.8 Å². The van der Waals surface area contributed by atoms with Crippen molar-refractivity contribution in [2.24, 2.45) is 5.92 Å². The van der Waals surface area contributed by atoms with Crippen LogP contribution in [0.5, 0.6) is 11.5 Å². The Kier molecular flexibility index (Phi) is 7.97. The monoisotopic (exact) mass is 460 g/mol. The molecular weight excluding hydrogens is 434 g/mol. The Bertz CT molecular complexity index is 1020. The summed E-state index contributed by atoms with van der Waals surface area (Å²) in [4.78, 5) is 39.2. The summed E-state index contributed by atoms with van der Waals surface area (Å²) in [5.41, 5.74) is 1.35. The van der Waals surface area contributed by atoms with E-state index in [1.165, 1.54) is 13.2 Å². The number of hydrogen-bond donors (Lipinski definition) is 1. The van der Waals surface area contributed by atoms with Crippen molar-refractivity contribution >= 4 is 17.6 Å². The molecular formula is C24H26F2N2O5. The van der Waals surface area contributed by atoms with Gasteiger partial charge in [0, 0.05) is 13.1 Å². The maximum absolute atomic E-state index is 13.6. The van der Waals surface area contributed by atoms with Crippen LogP contribution in [0.3, 0.4) is 0 Å². The molecule has 1 saturated heterocycles. The minimum Gasteiger partial charge on any atom is -0.496 e. The molecule has 1 aliphatic heterocycles. The lowest BCUT2D eigenvalue weighted by Gasteiger charge is -2.32. The van der Waals surface area contributed by atoms with Crippen molar-refractivity contribution in [3.05, 3.63) is 59.2 Å². The third kappa shape index (κ3) is 6.06. The number of likely N-dealkylation sites (tertiary alicyclic amines) is 1. The molecule has 7 nitrogen and oxygen atoms in total. The lowest BCUT2D eigenvalue weighted by atomic mass is 9.96. The number of rotatable bonds is 8. The van der Waals surface area contributed by atoms with E-state index < -0.39 is 35.7 Å². The zero-order valence-electron chi connectivity index (χ0n) is 18.5. The molecule has 2 amide bonds. The average Bonchev–Trinajstić information content (AvgIpc) is 2.81. The van der Waals surface area contributed by atoms with Gasteiger partial charge in [-0.3, -0.25) is 14.4 Å². The third-order valence-corrected chi connectivity index (χ3v) is 5.42. The topological polar surface area (TPSA) is 84.9 Å². The van der Waals surface area contributed by atoms with Gasteiger partial charge in [-0.25, -0.2) is 8.78 Å². The molecule has 2 aromatic carbocycles. The Hall–Kier alpha value is -3.49. The fraction of sp³-hybridized carbons (Fsp3) is 0.375. The van der Waals surface area contributed by atoms with Crippen molar-refractivity contribution in [3.63, 3.8) is 0 Å². The number of carbonyl (C=O) groups is 3. The number of benzene rings is 2. The van der Waals surface area contributed by atoms with Gasteiger partial charge in [0.25, 0.3) is 5.91 Å². The van der Waals surface area contributed by atoms with Crippen LogP contribution in [0.25, 0.3) is 0 Å². The second-order valence-corrected chi connectivity index (χ2v) is 7.89. The van der Waals surface area contributed by atoms with Crippen molar-refractivity contribution in [2.75, 3.05) is 33.4 Å². The molecule has 3 rings (SSSR count). The number of amides is 2. The number of Topliss-reactive ketones (excluding diaryl/α,β-unsaturated/α-hetero) is 1. The largest absolute Gasteiger partial charge is 0.496 e. The zero-order valence-corrected chi connectivity index (χ0v) is 18.5. The highest BCUT2D eigenvalue weighted by Crippen LogP contribution is 2.25. The van der Waals surface area contributed by atoms with Gasteiger partial charge in [-0.05, 0) is 44.0 Å². The highest BCUT2D eigenvalue weighted by atomic mass is 19.1. The van der Waals surface area contributed by atoms with Crippen molar-refractivity contribution in [1.29, 1.82) is 0 Å². The van der Waals surface area contributed by atoms with Gasteiger partial charge in [-0.15, -0.1) is 0 Å². The molecule has 0 radical (unpaired) electrons. The Morgan fingerprint density at radius 3 is 2.58 bits per heavy atom. The highest BCUT2D eigenvalue weighted by Gasteiger charge is 2.30. The van der Waals surface area contributed by atoms with E-state index in [-0.39, 0.29) is 24.9 Å². The van der Waals surface area contributed by atoms with Crippen LogP contribution in [0.15, 0.2) is 36.4 Å². The summed E-state index contributed by atoms with van der Waals surface area (Å²) in [6.07, 6.45) is 1.22. The van der Waals surface area contributed by atoms with Crippen LogP contribution in [0.4, 0.5) is 8.78 Å². The number of carbonyl (C=O) groups excluding carboxylic acids is 3. The van der Waals surface area contributed by atoms with Gasteiger partial charge >= 0.3 is 0 Å². The summed E-state index contributed by atoms with van der Waals surface area (Å²) in [5, 5.41) is 2.53. The standard InChI is InChI=1S/C24H26F2N2O5/c1-15-8-9-21(32-2)18(11-15)24(31)28-10-4-5-16(13-28)23(30)27-12-17(29)14-33-22-19(25)6-3-7-20(22)26/h3,6-9,11,16H,4-5,10,12-14H2,1-2H3,(H,27,30)/t16-/m1/s1. The van der Waals surface area contributed by atoms with Gasteiger partial charge in [0.1, 0.15) is 12.4 Å². The highest BCUT2D eigenvalue weighted by molar-refractivity contribution is 5.97. The fourth-order valence-electron chi connectivity index (χ4n) is 3.69. The third-order valence-electron chi connectivity index (χ3n) is 5.42. The summed E-state index contributed by atoms with van der Waals surface area (Å²) < 4.78 is 37.4. The Morgan fingerprint density at radius 1 is 1.15 bits per heavy atom. The van der Waals surface area contributed by atoms with Gasteiger partial charge in [0.05, 0.1) is 25.1 Å². The molecule has 33 heavy (non-hydrogen) atoms. The molecule has 1 N–H and O–H groups in total. The zero-order chi connectivity index (χ0) is 24.0. The maximum Gasteiger partial charge on any atom is 0.257 e. The summed E-state index contributed by atoms with van der Waals surface area (Å²) in [7, 11) is 1.50. The molecule has 1 atom stereocenters. The van der Waals surface area contributed by atoms with Gasteiger partial charge in [0.15, 0.2) is 23.2 Å². The van der Waals surface area contributed by atoms with Gasteiger partial charge in [0.2, 0.25) is 5.91 Å². The summed E-state index contributed by atoms with van der Waals surface area (Å²) in [5.74, 6) is -3.60. The van der Waals surface area contributed by atoms with E-state index in [4.69, 9.17) is 9.47 Å². The normalized spacial score (nSPS) is 15.6. The molecule has 0 unspecified atom stereocenters. The first-order valence-electron chi connectivity index (χ1n) is 10.6. The number of nitrogens with one attached hydrogen (secondary N) is 1. The van der Waals surface area contributed by atoms with Crippen molar-refractivity contribution in [1.82, 2.24) is 10.2 Å². The predicted molar refractivity (Wildman–Crippen MR) is 116 cm³/mol. The molecule has 0 bridgehead atoms. The van der Waals surface area contributed by atoms with Crippen LogP contribution in [0.2, 0.25) is 0 Å². The van der Waals surface area contributed by atoms with Crippen LogP contribution in [0.1, 0.15) is 28.8 Å². The molecule has 9 heteroatoms. The Balaban J connectivity index is 1.53. The average molecular weight is 460 g/mol. The first-order chi connectivity index (χ1) is 15.8. The minimum atomic E-state index is -0.913. The van der Waals surface area contributed by atoms with E-state index in [9.17, 15) is 23.2 Å². The molecule has 0 saturated carbocycles. The Labute approximate surface area is 190 Å². The van der Waals surface area contributed by atoms with Gasteiger partial charge in [-0.2, -0.15) is 0 Å². The maximum atomic E-state index is 13.6. The van der Waals surface area contributed by atoms with Crippen molar-refractivity contribution in [2.45, 2.75) is 19.8 Å². The summed E-state index contributed by atoms with van der Waals surface area (Å²) in [6.45, 7) is 1.68. The molecule has 0 aliphatic carbocycles. The SMILES string of the molecule is COc1ccc(C)cc1C(=O)N1CCC[C@@H](C(=O)NCC(=O)COc2c(F)cccc2F)C1. The van der Waals surface area contributed by atoms with E-state index in [2.05, 4.69) is 5.32 Å². The first kappa shape index (κ1) is 24.2. The number of halogens is 2. The van der Waals surface area contributed by atoms with Gasteiger partial charge in [-0.1, -0.05) is 17.7 Å². The number of ether oxygens (including phenoxy) is 2. The quantitative estimate of drug-likeness (QED) is 0.655. The molecule has 0 spiro atoms. The number of piperidine rings is 1. The second kappa shape index (κ2) is 10.9. The van der Waals surface area contributed by atoms with E-state index in [1.807, 2.05) is 13.0 Å². The van der Waals surface area contributed by atoms with Crippen molar-refractivity contribution < 1.29 is 32.6 Å². The van der Waals surface area contributed by atoms with E-state index in [1.54, 1.807) is 17.0 Å². The van der Waals surface area contributed by atoms with Crippen LogP contribution >= 0.6 is 0 Å². The Morgan fingerprint density at radius 2 is 1.88 bits per heavy atom. The number of para-hydroxylation sites is 1. The molecule has 1 heterocycles. The predicted octanol–water partition coefficient (Wildman–Crippen LogP) is 2.90. The number of hydrogen-bond acceptors (Lipinski definition) is 5. The van der Waals surface area contributed by atoms with Crippen LogP contribution in [-0.2, 0) is 9.59 Å². The van der Waals surface area contributed by atoms with Crippen LogP contribution in [0, 0.1) is 24.5 Å². The van der Waals surface area contributed by atoms with E-state index in [0.29, 0.717) is 30.7 Å². The number of nitrogens with zero attached hydrogens (tertiary/aromatic N) is 1. The summed E-state index contributed by atoms with van der Waals surface area (Å²) in [6, 6.07) is 8.57. The molecule has 176 valence electrons. The summed E-state index contributed by atoms with van der Waals surface area (Å²) >= 11 is 0. The molecule has 2 aromatic rings. The van der Waals surface area contributed by atoms with Gasteiger partial charge < -0.3 is 19.7 Å². The van der Waals surface area contributed by atoms with E-state index >= 15 is 0 Å². The number of ketones is 1. The first-order valence-corrected chi connectivity index (χ1v) is 10.6. The fourth-order valence-corrected chi connectivity index (χ4v) is 3.69. The second-order valence-electron chi connectivity index (χ2n) is 7.89. The molecule has 1 fully saturated rings. The molecule has 0 aromatic heterocycles. The lowest BCUT2D eigenvalue weighted by molar-refractivity contribution is -0.129. The minimum absolute atomic E-state index is 0.215.